The number of aliphatic hydroxyl groups excluding tert-OH is 1. The molecule has 0 spiro atoms. The molecular formula is C15H25N3O2. The van der Waals surface area contributed by atoms with Crippen molar-refractivity contribution in [3.05, 3.63) is 11.9 Å². The Bertz CT molecular complexity index is 426. The summed E-state index contributed by atoms with van der Waals surface area (Å²) in [6.45, 7) is 5.67. The first kappa shape index (κ1) is 15.0. The van der Waals surface area contributed by atoms with E-state index in [-0.39, 0.29) is 0 Å². The Kier molecular flexibility index (Phi) is 5.59. The Morgan fingerprint density at radius 2 is 2.05 bits per heavy atom. The molecule has 1 aliphatic carbocycles. The average Bonchev–Trinajstić information content (AvgIpc) is 2.48. The molecule has 0 amide bonds. The largest absolute Gasteiger partial charge is 0.478 e. The zero-order valence-corrected chi connectivity index (χ0v) is 12.4. The van der Waals surface area contributed by atoms with E-state index in [0.29, 0.717) is 30.9 Å². The second-order valence-electron chi connectivity index (χ2n) is 5.45. The third kappa shape index (κ3) is 3.60. The SMILES string of the molecule is CCOc1ncnc(NCC2CCCCC2CO)c1C. The van der Waals surface area contributed by atoms with Crippen molar-refractivity contribution in [2.45, 2.75) is 39.5 Å². The quantitative estimate of drug-likeness (QED) is 0.837. The predicted molar refractivity (Wildman–Crippen MR) is 79.0 cm³/mol. The number of anilines is 1. The summed E-state index contributed by atoms with van der Waals surface area (Å²) in [4.78, 5) is 8.43. The van der Waals surface area contributed by atoms with E-state index in [1.54, 1.807) is 0 Å². The predicted octanol–water partition coefficient (Wildman–Crippen LogP) is 2.39. The van der Waals surface area contributed by atoms with Gasteiger partial charge in [-0.3, -0.25) is 0 Å². The lowest BCUT2D eigenvalue weighted by atomic mass is 9.79. The van der Waals surface area contributed by atoms with Crippen LogP contribution in [0.4, 0.5) is 5.82 Å². The van der Waals surface area contributed by atoms with Crippen LogP contribution in [0.1, 0.15) is 38.2 Å². The highest BCUT2D eigenvalue weighted by Crippen LogP contribution is 2.30. The van der Waals surface area contributed by atoms with Gasteiger partial charge in [0.05, 0.1) is 12.2 Å². The summed E-state index contributed by atoms with van der Waals surface area (Å²) < 4.78 is 5.48. The molecule has 2 unspecified atom stereocenters. The van der Waals surface area contributed by atoms with Crippen molar-refractivity contribution in [3.8, 4) is 5.88 Å². The molecule has 112 valence electrons. The minimum atomic E-state index is 0.291. The highest BCUT2D eigenvalue weighted by molar-refractivity contribution is 5.47. The average molecular weight is 279 g/mol. The van der Waals surface area contributed by atoms with Crippen molar-refractivity contribution in [3.63, 3.8) is 0 Å². The molecule has 0 radical (unpaired) electrons. The minimum absolute atomic E-state index is 0.291. The molecule has 1 saturated carbocycles. The Balaban J connectivity index is 1.97. The highest BCUT2D eigenvalue weighted by atomic mass is 16.5. The van der Waals surface area contributed by atoms with Gasteiger partial charge in [-0.05, 0) is 38.5 Å². The zero-order chi connectivity index (χ0) is 14.4. The van der Waals surface area contributed by atoms with E-state index in [1.165, 1.54) is 25.6 Å². The van der Waals surface area contributed by atoms with Gasteiger partial charge in [-0.15, -0.1) is 0 Å². The van der Waals surface area contributed by atoms with Crippen LogP contribution in [0.3, 0.4) is 0 Å². The van der Waals surface area contributed by atoms with Gasteiger partial charge < -0.3 is 15.2 Å². The molecule has 1 aromatic heterocycles. The Labute approximate surface area is 120 Å². The van der Waals surface area contributed by atoms with E-state index in [4.69, 9.17) is 4.74 Å². The molecule has 0 bridgehead atoms. The second-order valence-corrected chi connectivity index (χ2v) is 5.45. The fourth-order valence-electron chi connectivity index (χ4n) is 2.92. The fourth-order valence-corrected chi connectivity index (χ4v) is 2.92. The standard InChI is InChI=1S/C15H25N3O2/c1-3-20-15-11(2)14(17-10-18-15)16-8-12-6-4-5-7-13(12)9-19/h10,12-13,19H,3-9H2,1-2H3,(H,16,17,18). The van der Waals surface area contributed by atoms with Crippen molar-refractivity contribution in [2.24, 2.45) is 11.8 Å². The molecule has 5 nitrogen and oxygen atoms in total. The third-order valence-corrected chi connectivity index (χ3v) is 4.15. The Morgan fingerprint density at radius 3 is 2.75 bits per heavy atom. The van der Waals surface area contributed by atoms with Crippen LogP contribution in [0, 0.1) is 18.8 Å². The number of aliphatic hydroxyl groups is 1. The van der Waals surface area contributed by atoms with Crippen LogP contribution in [0.2, 0.25) is 0 Å². The number of hydrogen-bond donors (Lipinski definition) is 2. The maximum atomic E-state index is 9.45. The molecule has 1 aromatic rings. The molecule has 0 aromatic carbocycles. The lowest BCUT2D eigenvalue weighted by molar-refractivity contribution is 0.141. The summed E-state index contributed by atoms with van der Waals surface area (Å²) in [6, 6.07) is 0. The topological polar surface area (TPSA) is 67.3 Å². The van der Waals surface area contributed by atoms with Gasteiger partial charge in [0.1, 0.15) is 12.1 Å². The van der Waals surface area contributed by atoms with Crippen LogP contribution < -0.4 is 10.1 Å². The van der Waals surface area contributed by atoms with Crippen molar-refractivity contribution < 1.29 is 9.84 Å². The van der Waals surface area contributed by atoms with Crippen LogP contribution in [0.15, 0.2) is 6.33 Å². The molecule has 2 N–H and O–H groups in total. The molecule has 1 fully saturated rings. The lowest BCUT2D eigenvalue weighted by Gasteiger charge is -2.30. The number of hydrogen-bond acceptors (Lipinski definition) is 5. The first-order valence-corrected chi connectivity index (χ1v) is 7.55. The van der Waals surface area contributed by atoms with Crippen LogP contribution in [-0.2, 0) is 0 Å². The van der Waals surface area contributed by atoms with Gasteiger partial charge in [-0.1, -0.05) is 12.8 Å². The van der Waals surface area contributed by atoms with Gasteiger partial charge in [0, 0.05) is 13.2 Å². The maximum absolute atomic E-state index is 9.45. The van der Waals surface area contributed by atoms with Crippen molar-refractivity contribution in [1.82, 2.24) is 9.97 Å². The first-order valence-electron chi connectivity index (χ1n) is 7.55. The van der Waals surface area contributed by atoms with E-state index >= 15 is 0 Å². The van der Waals surface area contributed by atoms with Gasteiger partial charge in [-0.2, -0.15) is 0 Å². The number of aromatic nitrogens is 2. The van der Waals surface area contributed by atoms with Crippen molar-refractivity contribution in [1.29, 1.82) is 0 Å². The molecular weight excluding hydrogens is 254 g/mol. The van der Waals surface area contributed by atoms with Gasteiger partial charge in [0.2, 0.25) is 5.88 Å². The second kappa shape index (κ2) is 7.43. The third-order valence-electron chi connectivity index (χ3n) is 4.15. The number of rotatable bonds is 6. The maximum Gasteiger partial charge on any atom is 0.221 e. The van der Waals surface area contributed by atoms with E-state index in [0.717, 1.165) is 24.3 Å². The van der Waals surface area contributed by atoms with E-state index in [9.17, 15) is 5.11 Å². The van der Waals surface area contributed by atoms with Gasteiger partial charge in [0.25, 0.3) is 0 Å². The van der Waals surface area contributed by atoms with E-state index < -0.39 is 0 Å². The molecule has 2 atom stereocenters. The molecule has 2 rings (SSSR count). The molecule has 5 heteroatoms. The lowest BCUT2D eigenvalue weighted by Crippen LogP contribution is -2.29. The summed E-state index contributed by atoms with van der Waals surface area (Å²) in [6.07, 6.45) is 6.35. The highest BCUT2D eigenvalue weighted by Gasteiger charge is 2.24. The smallest absolute Gasteiger partial charge is 0.221 e. The van der Waals surface area contributed by atoms with E-state index in [2.05, 4.69) is 15.3 Å². The summed E-state index contributed by atoms with van der Waals surface area (Å²) in [5.74, 6) is 2.43. The van der Waals surface area contributed by atoms with E-state index in [1.807, 2.05) is 13.8 Å². The number of ether oxygens (including phenoxy) is 1. The molecule has 0 aliphatic heterocycles. The first-order chi connectivity index (χ1) is 9.76. The van der Waals surface area contributed by atoms with Crippen LogP contribution in [-0.4, -0.2) is 34.8 Å². The van der Waals surface area contributed by atoms with Gasteiger partial charge >= 0.3 is 0 Å². The fraction of sp³-hybridized carbons (Fsp3) is 0.733. The molecule has 20 heavy (non-hydrogen) atoms. The number of nitrogens with one attached hydrogen (secondary N) is 1. The van der Waals surface area contributed by atoms with Gasteiger partial charge in [0.15, 0.2) is 0 Å². The molecule has 0 saturated heterocycles. The monoisotopic (exact) mass is 279 g/mol. The number of nitrogens with zero attached hydrogens (tertiary/aromatic N) is 2. The summed E-state index contributed by atoms with van der Waals surface area (Å²) >= 11 is 0. The molecule has 1 aliphatic rings. The van der Waals surface area contributed by atoms with Gasteiger partial charge in [-0.25, -0.2) is 9.97 Å². The van der Waals surface area contributed by atoms with Crippen molar-refractivity contribution in [2.75, 3.05) is 25.1 Å². The Morgan fingerprint density at radius 1 is 1.30 bits per heavy atom. The van der Waals surface area contributed by atoms with Crippen LogP contribution in [0.5, 0.6) is 5.88 Å². The Hall–Kier alpha value is -1.36. The van der Waals surface area contributed by atoms with Crippen molar-refractivity contribution >= 4 is 5.82 Å². The molecule has 1 heterocycles. The van der Waals surface area contributed by atoms with Crippen LogP contribution >= 0.6 is 0 Å². The normalized spacial score (nSPS) is 22.6. The van der Waals surface area contributed by atoms with Crippen LogP contribution in [0.25, 0.3) is 0 Å². The zero-order valence-electron chi connectivity index (χ0n) is 12.4. The summed E-state index contributed by atoms with van der Waals surface area (Å²) in [7, 11) is 0. The minimum Gasteiger partial charge on any atom is -0.478 e. The summed E-state index contributed by atoms with van der Waals surface area (Å²) in [5, 5.41) is 12.9. The summed E-state index contributed by atoms with van der Waals surface area (Å²) in [5.41, 5.74) is 0.950.